The number of hydrogen-bond donors (Lipinski definition) is 2. The predicted molar refractivity (Wildman–Crippen MR) is 125 cm³/mol. The quantitative estimate of drug-likeness (QED) is 0.711. The van der Waals surface area contributed by atoms with Crippen molar-refractivity contribution in [3.8, 4) is 0 Å². The molecule has 1 aliphatic rings. The van der Waals surface area contributed by atoms with Crippen LogP contribution >= 0.6 is 0 Å². The van der Waals surface area contributed by atoms with E-state index in [1.54, 1.807) is 0 Å². The van der Waals surface area contributed by atoms with Gasteiger partial charge in [-0.05, 0) is 54.2 Å². The fourth-order valence-electron chi connectivity index (χ4n) is 4.23. The minimum Gasteiger partial charge on any atom is -0.383 e. The molecule has 0 saturated heterocycles. The number of amides is 1. The number of nitrogen functional groups attached to an aromatic ring is 1. The molecule has 3 rings (SSSR count). The maximum atomic E-state index is 13.4. The Morgan fingerprint density at radius 2 is 1.77 bits per heavy atom. The van der Waals surface area contributed by atoms with Crippen LogP contribution in [0, 0.1) is 11.8 Å². The lowest BCUT2D eigenvalue weighted by Gasteiger charge is -2.26. The molecular formula is C24H34N4O3. The van der Waals surface area contributed by atoms with Gasteiger partial charge >= 0.3 is 5.69 Å². The van der Waals surface area contributed by atoms with E-state index in [1.807, 2.05) is 33.8 Å². The number of carbonyl (C=O) groups is 1. The van der Waals surface area contributed by atoms with Gasteiger partial charge in [0.05, 0.1) is 6.42 Å². The number of anilines is 2. The summed E-state index contributed by atoms with van der Waals surface area (Å²) >= 11 is 0. The van der Waals surface area contributed by atoms with E-state index < -0.39 is 11.2 Å². The van der Waals surface area contributed by atoms with E-state index in [-0.39, 0.29) is 35.7 Å². The van der Waals surface area contributed by atoms with Crippen LogP contribution < -0.4 is 21.9 Å². The summed E-state index contributed by atoms with van der Waals surface area (Å²) in [6, 6.07) is 6.24. The molecule has 0 atom stereocenters. The average molecular weight is 427 g/mol. The standard InChI is InChI=1S/C24H34N4O3/c1-15(2)13-27(21-22(25)28(14-16(3)4)24(31)26-23(21)30)20(29)12-17-9-10-18-7-5-6-8-19(18)11-17/h9-11,15-16H,5-8,12-14,25H2,1-4H3,(H,26,30,31). The number of fused-ring (bicyclic) bond motifs is 1. The van der Waals surface area contributed by atoms with Gasteiger partial charge in [0, 0.05) is 13.1 Å². The monoisotopic (exact) mass is 426 g/mol. The van der Waals surface area contributed by atoms with Crippen molar-refractivity contribution in [3.05, 3.63) is 55.7 Å². The van der Waals surface area contributed by atoms with Crippen LogP contribution in [0.1, 0.15) is 57.2 Å². The number of hydrogen-bond acceptors (Lipinski definition) is 4. The number of aryl methyl sites for hydroxylation is 2. The Balaban J connectivity index is 1.98. The summed E-state index contributed by atoms with van der Waals surface area (Å²) in [5, 5.41) is 0. The zero-order chi connectivity index (χ0) is 22.7. The maximum absolute atomic E-state index is 13.4. The van der Waals surface area contributed by atoms with Crippen LogP contribution in [0.15, 0.2) is 27.8 Å². The first-order valence-electron chi connectivity index (χ1n) is 11.2. The number of nitrogens with two attached hydrogens (primary N) is 1. The van der Waals surface area contributed by atoms with E-state index in [1.165, 1.54) is 33.4 Å². The molecule has 1 heterocycles. The van der Waals surface area contributed by atoms with Crippen molar-refractivity contribution in [2.45, 2.75) is 66.3 Å². The molecule has 0 aliphatic heterocycles. The van der Waals surface area contributed by atoms with Crippen LogP contribution in [0.3, 0.4) is 0 Å². The number of benzene rings is 1. The lowest BCUT2D eigenvalue weighted by molar-refractivity contribution is -0.118. The topological polar surface area (TPSA) is 101 Å². The van der Waals surface area contributed by atoms with Crippen molar-refractivity contribution >= 4 is 17.4 Å². The fourth-order valence-corrected chi connectivity index (χ4v) is 4.23. The molecule has 1 amide bonds. The third-order valence-electron chi connectivity index (χ3n) is 5.65. The molecule has 0 unspecified atom stereocenters. The van der Waals surface area contributed by atoms with Gasteiger partial charge in [0.1, 0.15) is 5.82 Å². The molecule has 0 bridgehead atoms. The summed E-state index contributed by atoms with van der Waals surface area (Å²) in [6.45, 7) is 8.59. The summed E-state index contributed by atoms with van der Waals surface area (Å²) < 4.78 is 1.35. The first-order valence-corrected chi connectivity index (χ1v) is 11.2. The second-order valence-corrected chi connectivity index (χ2v) is 9.38. The SMILES string of the molecule is CC(C)CN(C(=O)Cc1ccc2c(c1)CCCC2)c1c(N)n(CC(C)C)c(=O)[nH]c1=O. The summed E-state index contributed by atoms with van der Waals surface area (Å²) in [5.74, 6) is 0.124. The Morgan fingerprint density at radius 1 is 1.10 bits per heavy atom. The Labute approximate surface area is 183 Å². The molecule has 0 spiro atoms. The molecule has 1 aliphatic carbocycles. The second-order valence-electron chi connectivity index (χ2n) is 9.38. The minimum absolute atomic E-state index is 0.0434. The molecule has 0 saturated carbocycles. The van der Waals surface area contributed by atoms with Gasteiger partial charge in [-0.2, -0.15) is 0 Å². The van der Waals surface area contributed by atoms with Gasteiger partial charge in [-0.15, -0.1) is 0 Å². The summed E-state index contributed by atoms with van der Waals surface area (Å²) in [5.41, 5.74) is 8.79. The second kappa shape index (κ2) is 9.54. The number of nitrogens with zero attached hydrogens (tertiary/aromatic N) is 2. The van der Waals surface area contributed by atoms with Crippen molar-refractivity contribution < 1.29 is 4.79 Å². The van der Waals surface area contributed by atoms with Gasteiger partial charge < -0.3 is 10.6 Å². The van der Waals surface area contributed by atoms with Crippen LogP contribution in [-0.4, -0.2) is 22.0 Å². The van der Waals surface area contributed by atoms with Crippen LogP contribution in [0.4, 0.5) is 11.5 Å². The van der Waals surface area contributed by atoms with Gasteiger partial charge in [0.2, 0.25) is 5.91 Å². The first-order chi connectivity index (χ1) is 14.7. The number of nitrogens with one attached hydrogen (secondary N) is 1. The Kier molecular flexibility index (Phi) is 7.03. The number of rotatable bonds is 7. The van der Waals surface area contributed by atoms with E-state index in [2.05, 4.69) is 17.1 Å². The van der Waals surface area contributed by atoms with Crippen LogP contribution in [0.2, 0.25) is 0 Å². The lowest BCUT2D eigenvalue weighted by atomic mass is 9.90. The highest BCUT2D eigenvalue weighted by Crippen LogP contribution is 2.24. The molecule has 7 nitrogen and oxygen atoms in total. The number of carbonyl (C=O) groups excluding carboxylic acids is 1. The minimum atomic E-state index is -0.623. The average Bonchev–Trinajstić information content (AvgIpc) is 2.69. The smallest absolute Gasteiger partial charge is 0.330 e. The van der Waals surface area contributed by atoms with Crippen LogP contribution in [0.25, 0.3) is 0 Å². The molecular weight excluding hydrogens is 392 g/mol. The molecule has 7 heteroatoms. The molecule has 0 fully saturated rings. The summed E-state index contributed by atoms with van der Waals surface area (Å²) in [7, 11) is 0. The zero-order valence-electron chi connectivity index (χ0n) is 19.0. The molecule has 1 aromatic heterocycles. The third-order valence-corrected chi connectivity index (χ3v) is 5.65. The maximum Gasteiger partial charge on any atom is 0.330 e. The van der Waals surface area contributed by atoms with Crippen molar-refractivity contribution in [1.82, 2.24) is 9.55 Å². The van der Waals surface area contributed by atoms with Gasteiger partial charge in [-0.25, -0.2) is 4.79 Å². The van der Waals surface area contributed by atoms with E-state index in [0.29, 0.717) is 13.1 Å². The Morgan fingerprint density at radius 3 is 2.42 bits per heavy atom. The van der Waals surface area contributed by atoms with E-state index in [9.17, 15) is 14.4 Å². The van der Waals surface area contributed by atoms with E-state index >= 15 is 0 Å². The number of aromatic nitrogens is 2. The zero-order valence-corrected chi connectivity index (χ0v) is 19.0. The highest BCUT2D eigenvalue weighted by Gasteiger charge is 2.25. The van der Waals surface area contributed by atoms with Gasteiger partial charge in [-0.3, -0.25) is 19.1 Å². The highest BCUT2D eigenvalue weighted by atomic mass is 16.2. The molecule has 31 heavy (non-hydrogen) atoms. The van der Waals surface area contributed by atoms with Crippen molar-refractivity contribution in [2.75, 3.05) is 17.2 Å². The van der Waals surface area contributed by atoms with Crippen molar-refractivity contribution in [2.24, 2.45) is 11.8 Å². The highest BCUT2D eigenvalue weighted by molar-refractivity contribution is 5.96. The van der Waals surface area contributed by atoms with Crippen molar-refractivity contribution in [1.29, 1.82) is 0 Å². The lowest BCUT2D eigenvalue weighted by Crippen LogP contribution is -2.43. The van der Waals surface area contributed by atoms with E-state index in [0.717, 1.165) is 18.4 Å². The predicted octanol–water partition coefficient (Wildman–Crippen LogP) is 2.89. The fraction of sp³-hybridized carbons (Fsp3) is 0.542. The molecule has 168 valence electrons. The number of H-pyrrole nitrogens is 1. The normalized spacial score (nSPS) is 13.5. The van der Waals surface area contributed by atoms with Gasteiger partial charge in [0.25, 0.3) is 5.56 Å². The summed E-state index contributed by atoms with van der Waals surface area (Å²) in [4.78, 5) is 42.2. The molecule has 3 N–H and O–H groups in total. The number of aromatic amines is 1. The van der Waals surface area contributed by atoms with Gasteiger partial charge in [0.15, 0.2) is 5.69 Å². The molecule has 0 radical (unpaired) electrons. The largest absolute Gasteiger partial charge is 0.383 e. The summed E-state index contributed by atoms with van der Waals surface area (Å²) in [6.07, 6.45) is 4.70. The molecule has 1 aromatic carbocycles. The first kappa shape index (κ1) is 22.8. The molecule has 2 aromatic rings. The Hall–Kier alpha value is -2.83. The van der Waals surface area contributed by atoms with Crippen molar-refractivity contribution in [3.63, 3.8) is 0 Å². The van der Waals surface area contributed by atoms with Gasteiger partial charge in [-0.1, -0.05) is 45.9 Å². The van der Waals surface area contributed by atoms with E-state index in [4.69, 9.17) is 5.73 Å². The van der Waals surface area contributed by atoms with Crippen LogP contribution in [-0.2, 0) is 30.6 Å². The third kappa shape index (κ3) is 5.27. The Bertz CT molecular complexity index is 1070. The van der Waals surface area contributed by atoms with Crippen LogP contribution in [0.5, 0.6) is 0 Å².